The fourth-order valence-electron chi connectivity index (χ4n) is 2.93. The molecule has 0 unspecified atom stereocenters. The Morgan fingerprint density at radius 1 is 1.28 bits per heavy atom. The Bertz CT molecular complexity index is 696. The van der Waals surface area contributed by atoms with Crippen molar-refractivity contribution in [2.45, 2.75) is 43.0 Å². The number of hydrogen-bond acceptors (Lipinski definition) is 5. The van der Waals surface area contributed by atoms with Crippen molar-refractivity contribution in [3.8, 4) is 0 Å². The predicted molar refractivity (Wildman–Crippen MR) is 102 cm³/mol. The van der Waals surface area contributed by atoms with Crippen LogP contribution in [0.25, 0.3) is 0 Å². The summed E-state index contributed by atoms with van der Waals surface area (Å²) in [4.78, 5) is 13.2. The minimum Gasteiger partial charge on any atom is -0.272 e. The lowest BCUT2D eigenvalue weighted by atomic mass is 9.95. The first-order valence-electron chi connectivity index (χ1n) is 8.33. The third-order valence-electron chi connectivity index (χ3n) is 4.23. The van der Waals surface area contributed by atoms with Gasteiger partial charge in [-0.2, -0.15) is 9.41 Å². The molecule has 1 aliphatic rings. The van der Waals surface area contributed by atoms with Crippen LogP contribution in [0, 0.1) is 0 Å². The maximum Gasteiger partial charge on any atom is 0.255 e. The summed E-state index contributed by atoms with van der Waals surface area (Å²) in [6.07, 6.45) is 9.46. The molecule has 0 atom stereocenters. The predicted octanol–water partition coefficient (Wildman–Crippen LogP) is 2.45. The van der Waals surface area contributed by atoms with Crippen molar-refractivity contribution in [1.29, 1.82) is 0 Å². The number of thioether (sulfide) groups is 1. The minimum absolute atomic E-state index is 0.0856. The van der Waals surface area contributed by atoms with Crippen molar-refractivity contribution in [3.63, 3.8) is 0 Å². The van der Waals surface area contributed by atoms with E-state index in [1.807, 2.05) is 30.5 Å². The Hall–Kier alpha value is -1.38. The van der Waals surface area contributed by atoms with E-state index in [0.29, 0.717) is 0 Å². The summed E-state index contributed by atoms with van der Waals surface area (Å²) in [5.74, 6) is -0.423. The van der Waals surface area contributed by atoms with Gasteiger partial charge in [-0.15, -0.1) is 11.8 Å². The molecule has 0 aliphatic heterocycles. The molecule has 138 valence electrons. The molecule has 1 aliphatic carbocycles. The minimum atomic E-state index is -3.43. The van der Waals surface area contributed by atoms with E-state index in [0.717, 1.165) is 48.8 Å². The molecule has 6 nitrogen and oxygen atoms in total. The molecule has 8 heteroatoms. The lowest BCUT2D eigenvalue weighted by Gasteiger charge is -2.31. The molecule has 0 bridgehead atoms. The summed E-state index contributed by atoms with van der Waals surface area (Å²) >= 11 is 1.65. The Balaban J connectivity index is 1.92. The molecule has 1 fully saturated rings. The van der Waals surface area contributed by atoms with E-state index in [4.69, 9.17) is 0 Å². The van der Waals surface area contributed by atoms with Gasteiger partial charge in [0.1, 0.15) is 0 Å². The Kier molecular flexibility index (Phi) is 7.46. The number of sulfonamides is 1. The van der Waals surface area contributed by atoms with Gasteiger partial charge < -0.3 is 0 Å². The van der Waals surface area contributed by atoms with E-state index >= 15 is 0 Å². The first kappa shape index (κ1) is 19.9. The van der Waals surface area contributed by atoms with Crippen LogP contribution in [0.1, 0.15) is 37.7 Å². The Morgan fingerprint density at radius 3 is 2.48 bits per heavy atom. The van der Waals surface area contributed by atoms with E-state index in [-0.39, 0.29) is 12.6 Å². The van der Waals surface area contributed by atoms with Crippen LogP contribution in [0.5, 0.6) is 0 Å². The number of benzene rings is 1. The second kappa shape index (κ2) is 9.35. The number of nitrogens with zero attached hydrogens (tertiary/aromatic N) is 2. The highest BCUT2D eigenvalue weighted by Gasteiger charge is 2.29. The van der Waals surface area contributed by atoms with Gasteiger partial charge in [0.15, 0.2) is 0 Å². The van der Waals surface area contributed by atoms with E-state index in [1.165, 1.54) is 4.31 Å². The standard InChI is InChI=1S/C17H25N3O3S2/c1-24-16-10-8-14(9-11-16)12-18-19-17(21)13-20(25(2,22)23)15-6-4-3-5-7-15/h8-12,15H,3-7,13H2,1-2H3,(H,19,21)/b18-12+. The first-order valence-corrected chi connectivity index (χ1v) is 11.4. The number of hydrazone groups is 1. The fourth-order valence-corrected chi connectivity index (χ4v) is 4.44. The summed E-state index contributed by atoms with van der Waals surface area (Å²) in [7, 11) is -3.43. The number of carbonyl (C=O) groups is 1. The second-order valence-corrected chi connectivity index (χ2v) is 8.98. The van der Waals surface area contributed by atoms with E-state index < -0.39 is 15.9 Å². The highest BCUT2D eigenvalue weighted by molar-refractivity contribution is 7.98. The Labute approximate surface area is 154 Å². The highest BCUT2D eigenvalue weighted by atomic mass is 32.2. The summed E-state index contributed by atoms with van der Waals surface area (Å²) in [5.41, 5.74) is 3.29. The third kappa shape index (κ3) is 6.45. The van der Waals surface area contributed by atoms with Gasteiger partial charge in [0, 0.05) is 10.9 Å². The van der Waals surface area contributed by atoms with Gasteiger partial charge in [-0.05, 0) is 36.8 Å². The molecular formula is C17H25N3O3S2. The zero-order chi connectivity index (χ0) is 18.3. The summed E-state index contributed by atoms with van der Waals surface area (Å²) in [5, 5.41) is 3.92. The molecule has 0 saturated heterocycles. The van der Waals surface area contributed by atoms with Crippen LogP contribution in [0.4, 0.5) is 0 Å². The van der Waals surface area contributed by atoms with Crippen LogP contribution in [-0.4, -0.2) is 49.9 Å². The van der Waals surface area contributed by atoms with Gasteiger partial charge in [0.2, 0.25) is 10.0 Å². The van der Waals surface area contributed by atoms with Crippen molar-refractivity contribution in [3.05, 3.63) is 29.8 Å². The van der Waals surface area contributed by atoms with Crippen molar-refractivity contribution < 1.29 is 13.2 Å². The van der Waals surface area contributed by atoms with Gasteiger partial charge in [0.25, 0.3) is 5.91 Å². The quantitative estimate of drug-likeness (QED) is 0.446. The highest BCUT2D eigenvalue weighted by Crippen LogP contribution is 2.24. The summed E-state index contributed by atoms with van der Waals surface area (Å²) in [6, 6.07) is 7.68. The zero-order valence-corrected chi connectivity index (χ0v) is 16.3. The molecule has 1 aromatic carbocycles. The van der Waals surface area contributed by atoms with Gasteiger partial charge in [-0.25, -0.2) is 13.8 Å². The Morgan fingerprint density at radius 2 is 1.92 bits per heavy atom. The zero-order valence-electron chi connectivity index (χ0n) is 14.6. The number of nitrogens with one attached hydrogen (secondary N) is 1. The lowest BCUT2D eigenvalue weighted by Crippen LogP contribution is -2.45. The van der Waals surface area contributed by atoms with Crippen LogP contribution in [0.15, 0.2) is 34.3 Å². The summed E-state index contributed by atoms with van der Waals surface area (Å²) < 4.78 is 25.4. The molecule has 0 radical (unpaired) electrons. The lowest BCUT2D eigenvalue weighted by molar-refractivity contribution is -0.121. The maximum atomic E-state index is 12.1. The van der Waals surface area contributed by atoms with Crippen molar-refractivity contribution in [2.24, 2.45) is 5.10 Å². The van der Waals surface area contributed by atoms with Gasteiger partial charge in [-0.3, -0.25) is 4.79 Å². The molecule has 0 spiro atoms. The average Bonchev–Trinajstić information content (AvgIpc) is 2.60. The normalized spacial score (nSPS) is 16.4. The van der Waals surface area contributed by atoms with Gasteiger partial charge in [0.05, 0.1) is 19.0 Å². The monoisotopic (exact) mass is 383 g/mol. The number of amides is 1. The van der Waals surface area contributed by atoms with Crippen molar-refractivity contribution >= 4 is 33.9 Å². The molecule has 25 heavy (non-hydrogen) atoms. The fraction of sp³-hybridized carbons (Fsp3) is 0.529. The smallest absolute Gasteiger partial charge is 0.255 e. The molecule has 0 heterocycles. The molecule has 1 N–H and O–H groups in total. The van der Waals surface area contributed by atoms with Crippen LogP contribution < -0.4 is 5.43 Å². The largest absolute Gasteiger partial charge is 0.272 e. The van der Waals surface area contributed by atoms with Crippen molar-refractivity contribution in [1.82, 2.24) is 9.73 Å². The molecule has 2 rings (SSSR count). The topological polar surface area (TPSA) is 78.8 Å². The van der Waals surface area contributed by atoms with E-state index in [2.05, 4.69) is 10.5 Å². The second-order valence-electron chi connectivity index (χ2n) is 6.17. The number of rotatable bonds is 7. The molecule has 0 aromatic heterocycles. The average molecular weight is 384 g/mol. The van der Waals surface area contributed by atoms with E-state index in [1.54, 1.807) is 18.0 Å². The first-order chi connectivity index (χ1) is 11.9. The van der Waals surface area contributed by atoms with Crippen molar-refractivity contribution in [2.75, 3.05) is 19.1 Å². The number of carbonyl (C=O) groups excluding carboxylic acids is 1. The van der Waals surface area contributed by atoms with Gasteiger partial charge >= 0.3 is 0 Å². The SMILES string of the molecule is CSc1ccc(/C=N/NC(=O)CN(C2CCCCC2)S(C)(=O)=O)cc1. The maximum absolute atomic E-state index is 12.1. The molecular weight excluding hydrogens is 358 g/mol. The van der Waals surface area contributed by atoms with Crippen LogP contribution in [-0.2, 0) is 14.8 Å². The molecule has 1 saturated carbocycles. The molecule has 1 amide bonds. The van der Waals surface area contributed by atoms with Gasteiger partial charge in [-0.1, -0.05) is 31.4 Å². The summed E-state index contributed by atoms with van der Waals surface area (Å²) in [6.45, 7) is -0.188. The third-order valence-corrected chi connectivity index (χ3v) is 6.25. The number of hydrogen-bond donors (Lipinski definition) is 1. The van der Waals surface area contributed by atoms with Crippen LogP contribution >= 0.6 is 11.8 Å². The van der Waals surface area contributed by atoms with E-state index in [9.17, 15) is 13.2 Å². The van der Waals surface area contributed by atoms with Crippen LogP contribution in [0.2, 0.25) is 0 Å². The van der Waals surface area contributed by atoms with Crippen LogP contribution in [0.3, 0.4) is 0 Å². The molecule has 1 aromatic rings.